The molecule has 1 aliphatic carbocycles. The molecule has 27 heavy (non-hydrogen) atoms. The van der Waals surface area contributed by atoms with Gasteiger partial charge in [0.15, 0.2) is 0 Å². The van der Waals surface area contributed by atoms with Crippen LogP contribution in [0.4, 0.5) is 15.8 Å². The van der Waals surface area contributed by atoms with Crippen LogP contribution in [0.1, 0.15) is 44.9 Å². The van der Waals surface area contributed by atoms with Crippen LogP contribution in [0.15, 0.2) is 18.2 Å². The van der Waals surface area contributed by atoms with Crippen LogP contribution < -0.4 is 16.4 Å². The lowest BCUT2D eigenvalue weighted by atomic mass is 9.88. The first kappa shape index (κ1) is 19.8. The highest BCUT2D eigenvalue weighted by molar-refractivity contribution is 5.97. The van der Waals surface area contributed by atoms with Gasteiger partial charge in [-0.05, 0) is 49.8 Å². The fourth-order valence-electron chi connectivity index (χ4n) is 3.81. The number of carbonyl (C=O) groups is 2. The Morgan fingerprint density at radius 3 is 2.48 bits per heavy atom. The van der Waals surface area contributed by atoms with Gasteiger partial charge in [-0.1, -0.05) is 19.3 Å². The third-order valence-corrected chi connectivity index (χ3v) is 5.54. The molecular weight excluding hydrogens is 349 g/mol. The predicted molar refractivity (Wildman–Crippen MR) is 102 cm³/mol. The lowest BCUT2D eigenvalue weighted by Crippen LogP contribution is -2.44. The van der Waals surface area contributed by atoms with Gasteiger partial charge < -0.3 is 21.1 Å². The molecule has 1 saturated heterocycles. The number of carbonyl (C=O) groups excluding carboxylic acids is 2. The summed E-state index contributed by atoms with van der Waals surface area (Å²) in [7, 11) is 0. The molecule has 2 aliphatic rings. The minimum atomic E-state index is -0.640. The van der Waals surface area contributed by atoms with Crippen molar-refractivity contribution in [1.29, 1.82) is 0 Å². The van der Waals surface area contributed by atoms with Gasteiger partial charge in [0.25, 0.3) is 0 Å². The Morgan fingerprint density at radius 2 is 1.78 bits per heavy atom. The Kier molecular flexibility index (Phi) is 6.79. The first-order valence-electron chi connectivity index (χ1n) is 9.79. The summed E-state index contributed by atoms with van der Waals surface area (Å²) in [6.07, 6.45) is 6.38. The predicted octanol–water partition coefficient (Wildman–Crippen LogP) is 3.04. The van der Waals surface area contributed by atoms with E-state index in [-0.39, 0.29) is 29.3 Å². The van der Waals surface area contributed by atoms with Crippen molar-refractivity contribution in [2.45, 2.75) is 51.0 Å². The minimum absolute atomic E-state index is 0.0710. The molecule has 1 aromatic carbocycles. The maximum absolute atomic E-state index is 14.1. The maximum atomic E-state index is 14.1. The Morgan fingerprint density at radius 1 is 1.07 bits per heavy atom. The molecule has 1 heterocycles. The average molecular weight is 377 g/mol. The zero-order valence-electron chi connectivity index (χ0n) is 15.5. The second kappa shape index (κ2) is 9.28. The number of benzene rings is 1. The Balaban J connectivity index is 1.62. The van der Waals surface area contributed by atoms with Gasteiger partial charge in [-0.25, -0.2) is 4.39 Å². The standard InChI is InChI=1S/C20H28FN3O3/c21-16-7-6-15(23-20(26)18(22)13-8-10-27-11-9-13)12-17(16)24-19(25)14-4-2-1-3-5-14/h6-7,12-14,18H,1-5,8-11,22H2,(H,23,26)(H,24,25). The van der Waals surface area contributed by atoms with Crippen molar-refractivity contribution in [3.63, 3.8) is 0 Å². The molecule has 2 amide bonds. The van der Waals surface area contributed by atoms with E-state index in [1.54, 1.807) is 0 Å². The van der Waals surface area contributed by atoms with Gasteiger partial charge in [0, 0.05) is 24.8 Å². The molecule has 0 bridgehead atoms. The molecule has 1 aromatic rings. The SMILES string of the molecule is NC(C(=O)Nc1ccc(F)c(NC(=O)C2CCCCC2)c1)C1CCOCC1. The molecule has 7 heteroatoms. The van der Waals surface area contributed by atoms with E-state index < -0.39 is 11.9 Å². The zero-order chi connectivity index (χ0) is 19.2. The van der Waals surface area contributed by atoms with Crippen molar-refractivity contribution < 1.29 is 18.7 Å². The molecular formula is C20H28FN3O3. The monoisotopic (exact) mass is 377 g/mol. The fourth-order valence-corrected chi connectivity index (χ4v) is 3.81. The third kappa shape index (κ3) is 5.26. The lowest BCUT2D eigenvalue weighted by Gasteiger charge is -2.26. The van der Waals surface area contributed by atoms with Crippen LogP contribution in [-0.2, 0) is 14.3 Å². The summed E-state index contributed by atoms with van der Waals surface area (Å²) in [6.45, 7) is 1.22. The summed E-state index contributed by atoms with van der Waals surface area (Å²) in [5.41, 5.74) is 6.58. The van der Waals surface area contributed by atoms with E-state index in [0.717, 1.165) is 44.9 Å². The number of nitrogens with two attached hydrogens (primary N) is 1. The first-order chi connectivity index (χ1) is 13.0. The van der Waals surface area contributed by atoms with Crippen molar-refractivity contribution in [2.75, 3.05) is 23.8 Å². The van der Waals surface area contributed by atoms with Gasteiger partial charge in [0.1, 0.15) is 5.82 Å². The summed E-state index contributed by atoms with van der Waals surface area (Å²) in [6, 6.07) is 3.52. The van der Waals surface area contributed by atoms with Crippen LogP contribution in [0.3, 0.4) is 0 Å². The van der Waals surface area contributed by atoms with Crippen molar-refractivity contribution in [1.82, 2.24) is 0 Å². The van der Waals surface area contributed by atoms with E-state index in [4.69, 9.17) is 10.5 Å². The Bertz CT molecular complexity index is 670. The second-order valence-corrected chi connectivity index (χ2v) is 7.48. The molecule has 4 N–H and O–H groups in total. The van der Waals surface area contributed by atoms with E-state index in [1.165, 1.54) is 18.2 Å². The van der Waals surface area contributed by atoms with Gasteiger partial charge in [-0.3, -0.25) is 9.59 Å². The molecule has 2 fully saturated rings. The average Bonchev–Trinajstić information content (AvgIpc) is 2.71. The number of hydrogen-bond donors (Lipinski definition) is 3. The van der Waals surface area contributed by atoms with Crippen LogP contribution in [0.2, 0.25) is 0 Å². The highest BCUT2D eigenvalue weighted by Gasteiger charge is 2.27. The molecule has 0 spiro atoms. The van der Waals surface area contributed by atoms with Crippen molar-refractivity contribution in [3.05, 3.63) is 24.0 Å². The van der Waals surface area contributed by atoms with Gasteiger partial charge in [-0.15, -0.1) is 0 Å². The van der Waals surface area contributed by atoms with Gasteiger partial charge in [0.05, 0.1) is 11.7 Å². The van der Waals surface area contributed by atoms with E-state index >= 15 is 0 Å². The molecule has 1 aliphatic heterocycles. The molecule has 1 saturated carbocycles. The summed E-state index contributed by atoms with van der Waals surface area (Å²) < 4.78 is 19.4. The number of nitrogens with one attached hydrogen (secondary N) is 2. The smallest absolute Gasteiger partial charge is 0.241 e. The van der Waals surface area contributed by atoms with Crippen LogP contribution >= 0.6 is 0 Å². The summed E-state index contributed by atoms with van der Waals surface area (Å²) in [5.74, 6) is -0.983. The molecule has 1 atom stereocenters. The topological polar surface area (TPSA) is 93.5 Å². The molecule has 6 nitrogen and oxygen atoms in total. The maximum Gasteiger partial charge on any atom is 0.241 e. The number of halogens is 1. The summed E-state index contributed by atoms with van der Waals surface area (Å²) >= 11 is 0. The van der Waals surface area contributed by atoms with Crippen molar-refractivity contribution in [2.24, 2.45) is 17.6 Å². The lowest BCUT2D eigenvalue weighted by molar-refractivity contribution is -0.121. The number of anilines is 2. The Hall–Kier alpha value is -1.99. The van der Waals surface area contributed by atoms with Crippen molar-refractivity contribution >= 4 is 23.2 Å². The molecule has 1 unspecified atom stereocenters. The van der Waals surface area contributed by atoms with E-state index in [1.807, 2.05) is 0 Å². The normalized spacial score (nSPS) is 20.1. The molecule has 0 aromatic heterocycles. The van der Waals surface area contributed by atoms with E-state index in [9.17, 15) is 14.0 Å². The quantitative estimate of drug-likeness (QED) is 0.735. The number of amides is 2. The van der Waals surface area contributed by atoms with E-state index in [0.29, 0.717) is 18.9 Å². The van der Waals surface area contributed by atoms with Gasteiger partial charge >= 0.3 is 0 Å². The van der Waals surface area contributed by atoms with Crippen LogP contribution in [0, 0.1) is 17.7 Å². The highest BCUT2D eigenvalue weighted by atomic mass is 19.1. The number of rotatable bonds is 5. The molecule has 148 valence electrons. The summed E-state index contributed by atoms with van der Waals surface area (Å²) in [4.78, 5) is 24.8. The highest BCUT2D eigenvalue weighted by Crippen LogP contribution is 2.27. The van der Waals surface area contributed by atoms with Crippen LogP contribution in [0.25, 0.3) is 0 Å². The largest absolute Gasteiger partial charge is 0.381 e. The summed E-state index contributed by atoms with van der Waals surface area (Å²) in [5, 5.41) is 5.41. The molecule has 0 radical (unpaired) electrons. The van der Waals surface area contributed by atoms with Crippen molar-refractivity contribution in [3.8, 4) is 0 Å². The second-order valence-electron chi connectivity index (χ2n) is 7.48. The number of ether oxygens (including phenoxy) is 1. The third-order valence-electron chi connectivity index (χ3n) is 5.54. The fraction of sp³-hybridized carbons (Fsp3) is 0.600. The Labute approximate surface area is 159 Å². The minimum Gasteiger partial charge on any atom is -0.381 e. The van der Waals surface area contributed by atoms with E-state index in [2.05, 4.69) is 10.6 Å². The first-order valence-corrected chi connectivity index (χ1v) is 9.79. The van der Waals surface area contributed by atoms with Crippen LogP contribution in [0.5, 0.6) is 0 Å². The molecule has 3 rings (SSSR count). The van der Waals surface area contributed by atoms with Crippen LogP contribution in [-0.4, -0.2) is 31.1 Å². The zero-order valence-corrected chi connectivity index (χ0v) is 15.5. The van der Waals surface area contributed by atoms with Gasteiger partial charge in [-0.2, -0.15) is 0 Å². The number of hydrogen-bond acceptors (Lipinski definition) is 4. The van der Waals surface area contributed by atoms with Gasteiger partial charge in [0.2, 0.25) is 11.8 Å².